The van der Waals surface area contributed by atoms with Gasteiger partial charge in [0.05, 0.1) is 51.1 Å². The van der Waals surface area contributed by atoms with Crippen molar-refractivity contribution in [2.45, 2.75) is 26.2 Å². The summed E-state index contributed by atoms with van der Waals surface area (Å²) in [6.07, 6.45) is -10.0. The summed E-state index contributed by atoms with van der Waals surface area (Å²) in [7, 11) is 0. The van der Waals surface area contributed by atoms with Crippen LogP contribution in [-0.2, 0) is 12.4 Å². The molecule has 0 amide bonds. The fraction of sp³-hybridized carbons (Fsp3) is 0.0851. The van der Waals surface area contributed by atoms with E-state index in [9.17, 15) is 26.3 Å². The summed E-state index contributed by atoms with van der Waals surface area (Å²) in [5, 5.41) is 3.94. The van der Waals surface area contributed by atoms with E-state index in [1.807, 2.05) is 86.6 Å². The molecule has 274 valence electrons. The zero-order valence-corrected chi connectivity index (χ0v) is 29.9. The van der Waals surface area contributed by atoms with Gasteiger partial charge in [-0.3, -0.25) is 0 Å². The highest BCUT2D eigenvalue weighted by molar-refractivity contribution is 6.12. The van der Waals surface area contributed by atoms with E-state index < -0.39 is 23.5 Å². The Bertz CT molecular complexity index is 3070. The Morgan fingerprint density at radius 2 is 0.911 bits per heavy atom. The summed E-state index contributed by atoms with van der Waals surface area (Å²) in [5.41, 5.74) is 5.36. The van der Waals surface area contributed by atoms with Gasteiger partial charge in [0.2, 0.25) is 0 Å². The summed E-state index contributed by atoms with van der Waals surface area (Å²) in [6, 6.07) is 40.1. The van der Waals surface area contributed by atoms with Crippen molar-refractivity contribution < 1.29 is 26.3 Å². The monoisotopic (exact) mass is 749 g/mol. The third kappa shape index (κ3) is 5.68. The fourth-order valence-electron chi connectivity index (χ4n) is 7.93. The number of nitrogens with zero attached hydrogens (tertiary/aromatic N) is 3. The zero-order valence-electron chi connectivity index (χ0n) is 29.9. The zero-order chi connectivity index (χ0) is 39.1. The van der Waals surface area contributed by atoms with E-state index in [1.165, 1.54) is 0 Å². The number of alkyl halides is 6. The Kier molecular flexibility index (Phi) is 7.89. The van der Waals surface area contributed by atoms with Crippen LogP contribution in [-0.4, -0.2) is 9.13 Å². The van der Waals surface area contributed by atoms with Crippen molar-refractivity contribution in [2.24, 2.45) is 0 Å². The van der Waals surface area contributed by atoms with Gasteiger partial charge in [-0.15, -0.1) is 0 Å². The van der Waals surface area contributed by atoms with Crippen LogP contribution in [0.3, 0.4) is 0 Å². The molecule has 9 heteroatoms. The molecular formula is C47H29F6N3. The van der Waals surface area contributed by atoms with Gasteiger partial charge in [0.15, 0.2) is 5.69 Å². The van der Waals surface area contributed by atoms with Crippen LogP contribution in [0.1, 0.15) is 22.3 Å². The molecule has 0 bridgehead atoms. The lowest BCUT2D eigenvalue weighted by molar-refractivity contribution is -0.143. The average Bonchev–Trinajstić information content (AvgIpc) is 3.68. The molecule has 0 aliphatic heterocycles. The van der Waals surface area contributed by atoms with Crippen LogP contribution in [0.5, 0.6) is 0 Å². The fourth-order valence-corrected chi connectivity index (χ4v) is 7.93. The van der Waals surface area contributed by atoms with Gasteiger partial charge in [0.1, 0.15) is 0 Å². The molecule has 0 fully saturated rings. The van der Waals surface area contributed by atoms with Crippen molar-refractivity contribution in [3.05, 3.63) is 173 Å². The van der Waals surface area contributed by atoms with Crippen LogP contribution < -0.4 is 0 Å². The maximum absolute atomic E-state index is 14.2. The Labute approximate surface area is 317 Å². The van der Waals surface area contributed by atoms with Gasteiger partial charge in [-0.1, -0.05) is 72.8 Å². The highest BCUT2D eigenvalue weighted by Crippen LogP contribution is 2.45. The minimum Gasteiger partial charge on any atom is -0.309 e. The molecule has 0 spiro atoms. The first-order chi connectivity index (χ1) is 26.8. The number of rotatable bonds is 4. The number of hydrogen-bond donors (Lipinski definition) is 0. The quantitative estimate of drug-likeness (QED) is 0.126. The predicted octanol–water partition coefficient (Wildman–Crippen LogP) is 14.4. The topological polar surface area (TPSA) is 14.2 Å². The lowest BCUT2D eigenvalue weighted by atomic mass is 9.93. The van der Waals surface area contributed by atoms with Gasteiger partial charge < -0.3 is 9.13 Å². The van der Waals surface area contributed by atoms with Gasteiger partial charge in [-0.05, 0) is 108 Å². The molecule has 0 aliphatic carbocycles. The lowest BCUT2D eigenvalue weighted by Crippen LogP contribution is -2.11. The molecule has 0 saturated heterocycles. The van der Waals surface area contributed by atoms with Gasteiger partial charge in [0, 0.05) is 27.1 Å². The number of aromatic nitrogens is 2. The molecule has 0 radical (unpaired) electrons. The third-order valence-electron chi connectivity index (χ3n) is 10.5. The number of halogens is 6. The molecule has 9 aromatic rings. The summed E-state index contributed by atoms with van der Waals surface area (Å²) in [6.45, 7) is 12.0. The Balaban J connectivity index is 1.43. The van der Waals surface area contributed by atoms with Crippen LogP contribution in [0.4, 0.5) is 32.0 Å². The smallest absolute Gasteiger partial charge is 0.309 e. The van der Waals surface area contributed by atoms with Crippen molar-refractivity contribution >= 4 is 49.3 Å². The van der Waals surface area contributed by atoms with E-state index in [4.69, 9.17) is 6.57 Å². The van der Waals surface area contributed by atoms with E-state index in [2.05, 4.69) is 32.2 Å². The van der Waals surface area contributed by atoms with Crippen molar-refractivity contribution in [2.75, 3.05) is 0 Å². The molecule has 0 aliphatic rings. The number of aryl methyl sites for hydroxylation is 2. The summed E-state index contributed by atoms with van der Waals surface area (Å²) >= 11 is 0. The SMILES string of the molecule is [C-]#[N+]c1ccc(-n2c3ccccc3c3ccc(C)cc32)c(-c2cc(-c3cc(C(F)(F)F)cc(C(F)(F)F)c3)ccc2-n2c3ccccc3c3ccc(C)cc32)c1. The van der Waals surface area contributed by atoms with Crippen molar-refractivity contribution in [3.63, 3.8) is 0 Å². The maximum Gasteiger partial charge on any atom is 0.416 e. The standard InChI is InChI=1S/C47H29F6N3/c1-27-12-16-36-34-8-4-6-10-40(34)55(44(36)20-27)42-18-14-29(30-22-31(46(48,49)50)25-32(23-30)47(51,52)53)24-38(42)39-26-33(54-3)15-19-43(39)56-41-11-7-5-9-35(41)37-17-13-28(2)21-45(37)56/h4-26H,1-2H3. The summed E-state index contributed by atoms with van der Waals surface area (Å²) in [5.74, 6) is 0. The molecule has 56 heavy (non-hydrogen) atoms. The van der Waals surface area contributed by atoms with Crippen LogP contribution >= 0.6 is 0 Å². The summed E-state index contributed by atoms with van der Waals surface area (Å²) < 4.78 is 89.1. The highest BCUT2D eigenvalue weighted by atomic mass is 19.4. The van der Waals surface area contributed by atoms with Crippen LogP contribution in [0.25, 0.3) is 82.1 Å². The predicted molar refractivity (Wildman–Crippen MR) is 212 cm³/mol. The van der Waals surface area contributed by atoms with E-state index in [1.54, 1.807) is 30.3 Å². The van der Waals surface area contributed by atoms with Crippen LogP contribution in [0, 0.1) is 20.4 Å². The van der Waals surface area contributed by atoms with E-state index >= 15 is 0 Å². The van der Waals surface area contributed by atoms with Crippen LogP contribution in [0.2, 0.25) is 0 Å². The van der Waals surface area contributed by atoms with E-state index in [-0.39, 0.29) is 17.2 Å². The van der Waals surface area contributed by atoms with Gasteiger partial charge in [-0.2, -0.15) is 26.3 Å². The molecular weight excluding hydrogens is 721 g/mol. The maximum atomic E-state index is 14.2. The number of para-hydroxylation sites is 2. The van der Waals surface area contributed by atoms with Crippen LogP contribution in [0.15, 0.2) is 140 Å². The van der Waals surface area contributed by atoms with E-state index in [0.717, 1.165) is 66.9 Å². The molecule has 9 rings (SSSR count). The highest BCUT2D eigenvalue weighted by Gasteiger charge is 2.37. The molecule has 2 aromatic heterocycles. The van der Waals surface area contributed by atoms with Gasteiger partial charge in [0.25, 0.3) is 0 Å². The molecule has 0 atom stereocenters. The first-order valence-corrected chi connectivity index (χ1v) is 17.8. The Morgan fingerprint density at radius 1 is 0.446 bits per heavy atom. The number of fused-ring (bicyclic) bond motifs is 6. The van der Waals surface area contributed by atoms with Gasteiger partial charge >= 0.3 is 12.4 Å². The average molecular weight is 750 g/mol. The second-order valence-corrected chi connectivity index (χ2v) is 14.1. The normalized spacial score (nSPS) is 12.3. The molecule has 7 aromatic carbocycles. The van der Waals surface area contributed by atoms with Crippen molar-refractivity contribution in [1.29, 1.82) is 0 Å². The first-order valence-electron chi connectivity index (χ1n) is 17.8. The third-order valence-corrected chi connectivity index (χ3v) is 10.5. The number of benzene rings is 7. The molecule has 0 saturated carbocycles. The minimum absolute atomic E-state index is 0.140. The van der Waals surface area contributed by atoms with E-state index in [0.29, 0.717) is 28.2 Å². The second-order valence-electron chi connectivity index (χ2n) is 14.1. The van der Waals surface area contributed by atoms with Crippen molar-refractivity contribution in [1.82, 2.24) is 9.13 Å². The largest absolute Gasteiger partial charge is 0.416 e. The molecule has 2 heterocycles. The lowest BCUT2D eigenvalue weighted by Gasteiger charge is -2.21. The van der Waals surface area contributed by atoms with Crippen molar-refractivity contribution in [3.8, 4) is 33.6 Å². The minimum atomic E-state index is -5.02. The molecule has 0 N–H and O–H groups in total. The number of hydrogen-bond acceptors (Lipinski definition) is 0. The molecule has 3 nitrogen and oxygen atoms in total. The Morgan fingerprint density at radius 3 is 1.41 bits per heavy atom. The first kappa shape index (κ1) is 34.9. The second kappa shape index (κ2) is 12.6. The molecule has 0 unspecified atom stereocenters. The Hall–Kier alpha value is -6.79. The van der Waals surface area contributed by atoms with Gasteiger partial charge in [-0.25, -0.2) is 4.85 Å². The summed E-state index contributed by atoms with van der Waals surface area (Å²) in [4.78, 5) is 3.76.